The van der Waals surface area contributed by atoms with E-state index in [1.807, 2.05) is 0 Å². The lowest BCUT2D eigenvalue weighted by molar-refractivity contribution is 0.115. The van der Waals surface area contributed by atoms with E-state index in [2.05, 4.69) is 51.3 Å². The summed E-state index contributed by atoms with van der Waals surface area (Å²) in [6, 6.07) is 3.88. The molecule has 0 saturated carbocycles. The van der Waals surface area contributed by atoms with Crippen LogP contribution in [0.3, 0.4) is 0 Å². The smallest absolute Gasteiger partial charge is 0.300 e. The second kappa shape index (κ2) is 8.95. The van der Waals surface area contributed by atoms with Crippen LogP contribution in [0.4, 0.5) is 0 Å². The summed E-state index contributed by atoms with van der Waals surface area (Å²) in [5.74, 6) is 0.905. The number of nitrogens with zero attached hydrogens (tertiary/aromatic N) is 6. The van der Waals surface area contributed by atoms with Crippen LogP contribution in [0.25, 0.3) is 4.85 Å². The van der Waals surface area contributed by atoms with Crippen molar-refractivity contribution in [2.24, 2.45) is 0 Å². The third-order valence-electron chi connectivity index (χ3n) is 6.63. The van der Waals surface area contributed by atoms with Crippen LogP contribution in [0.1, 0.15) is 46.5 Å². The van der Waals surface area contributed by atoms with Crippen molar-refractivity contribution in [3.63, 3.8) is 0 Å². The van der Waals surface area contributed by atoms with E-state index in [0.717, 1.165) is 57.9 Å². The summed E-state index contributed by atoms with van der Waals surface area (Å²) in [7, 11) is 0. The van der Waals surface area contributed by atoms with Crippen LogP contribution in [-0.4, -0.2) is 83.5 Å². The topological polar surface area (TPSA) is 41.1 Å². The first kappa shape index (κ1) is 20.0. The van der Waals surface area contributed by atoms with Gasteiger partial charge in [0.1, 0.15) is 5.82 Å². The van der Waals surface area contributed by atoms with Crippen LogP contribution in [0, 0.1) is 17.9 Å². The normalized spacial score (nSPS) is 27.3. The highest BCUT2D eigenvalue weighted by Gasteiger charge is 2.35. The highest BCUT2D eigenvalue weighted by Crippen LogP contribution is 2.30. The molecule has 0 radical (unpaired) electrons. The van der Waals surface area contributed by atoms with Crippen LogP contribution in [-0.2, 0) is 0 Å². The average Bonchev–Trinajstić information content (AvgIpc) is 3.27. The Balaban J connectivity index is 1.69. The van der Waals surface area contributed by atoms with Crippen LogP contribution in [0.15, 0.2) is 11.5 Å². The predicted octanol–water partition coefficient (Wildman–Crippen LogP) is 2.57. The number of hydrogen-bond donors (Lipinski definition) is 0. The van der Waals surface area contributed by atoms with Crippen molar-refractivity contribution < 1.29 is 0 Å². The van der Waals surface area contributed by atoms with Crippen molar-refractivity contribution in [1.82, 2.24) is 19.6 Å². The molecule has 0 spiro atoms. The Bertz CT molecular complexity index is 604. The maximum Gasteiger partial charge on any atom is 0.300 e. The van der Waals surface area contributed by atoms with Gasteiger partial charge in [0.15, 0.2) is 0 Å². The molecule has 6 nitrogen and oxygen atoms in total. The summed E-state index contributed by atoms with van der Waals surface area (Å²) >= 11 is 0. The summed E-state index contributed by atoms with van der Waals surface area (Å²) in [6.45, 7) is 21.6. The summed E-state index contributed by atoms with van der Waals surface area (Å²) in [6.07, 6.45) is 4.81. The first-order chi connectivity index (χ1) is 13.0. The Morgan fingerprint density at radius 3 is 2.44 bits per heavy atom. The molecule has 3 fully saturated rings. The second-order valence-corrected chi connectivity index (χ2v) is 8.46. The zero-order valence-corrected chi connectivity index (χ0v) is 17.2. The molecule has 27 heavy (non-hydrogen) atoms. The van der Waals surface area contributed by atoms with Gasteiger partial charge in [0.25, 0.3) is 0 Å². The van der Waals surface area contributed by atoms with Crippen molar-refractivity contribution in [2.45, 2.75) is 64.6 Å². The molecule has 3 rings (SSSR count). The maximum absolute atomic E-state index is 9.56. The Kier molecular flexibility index (Phi) is 6.63. The van der Waals surface area contributed by atoms with Gasteiger partial charge in [-0.2, -0.15) is 0 Å². The van der Waals surface area contributed by atoms with Crippen LogP contribution >= 0.6 is 0 Å². The molecular formula is C21H34N6. The summed E-state index contributed by atoms with van der Waals surface area (Å²) in [5, 5.41) is 9.56. The predicted molar refractivity (Wildman–Crippen MR) is 108 cm³/mol. The molecule has 0 bridgehead atoms. The van der Waals surface area contributed by atoms with E-state index < -0.39 is 0 Å². The van der Waals surface area contributed by atoms with Crippen LogP contribution in [0.5, 0.6) is 0 Å². The molecule has 0 unspecified atom stereocenters. The molecule has 0 aromatic carbocycles. The molecule has 148 valence electrons. The lowest BCUT2D eigenvalue weighted by Crippen LogP contribution is -2.46. The highest BCUT2D eigenvalue weighted by atomic mass is 15.4. The van der Waals surface area contributed by atoms with Gasteiger partial charge in [-0.1, -0.05) is 0 Å². The van der Waals surface area contributed by atoms with Gasteiger partial charge in [-0.05, 0) is 53.0 Å². The molecular weight excluding hydrogens is 336 g/mol. The molecule has 3 aliphatic rings. The van der Waals surface area contributed by atoms with Gasteiger partial charge in [-0.3, -0.25) is 4.90 Å². The summed E-state index contributed by atoms with van der Waals surface area (Å²) < 4.78 is 0. The van der Waals surface area contributed by atoms with E-state index >= 15 is 0 Å². The number of likely N-dealkylation sites (tertiary alicyclic amines) is 2. The first-order valence-electron chi connectivity index (χ1n) is 10.6. The minimum Gasteiger partial charge on any atom is -0.363 e. The second-order valence-electron chi connectivity index (χ2n) is 8.46. The number of piperidine rings is 1. The van der Waals surface area contributed by atoms with Crippen molar-refractivity contribution in [3.05, 3.63) is 22.9 Å². The molecule has 0 N–H and O–H groups in total. The van der Waals surface area contributed by atoms with E-state index in [1.54, 1.807) is 0 Å². The molecule has 0 aliphatic carbocycles. The zero-order chi connectivity index (χ0) is 19.4. The first-order valence-corrected chi connectivity index (χ1v) is 10.6. The molecule has 3 heterocycles. The van der Waals surface area contributed by atoms with Crippen LogP contribution in [0.2, 0.25) is 0 Å². The van der Waals surface area contributed by atoms with Crippen molar-refractivity contribution in [1.29, 1.82) is 5.26 Å². The van der Waals surface area contributed by atoms with Gasteiger partial charge < -0.3 is 14.7 Å². The third kappa shape index (κ3) is 4.39. The van der Waals surface area contributed by atoms with Crippen molar-refractivity contribution in [2.75, 3.05) is 45.8 Å². The quantitative estimate of drug-likeness (QED) is 0.550. The Labute approximate surface area is 164 Å². The van der Waals surface area contributed by atoms with E-state index in [-0.39, 0.29) is 5.70 Å². The van der Waals surface area contributed by atoms with Crippen molar-refractivity contribution in [3.8, 4) is 6.07 Å². The van der Waals surface area contributed by atoms with Crippen LogP contribution < -0.4 is 0 Å². The van der Waals surface area contributed by atoms with Gasteiger partial charge in [-0.15, -0.1) is 0 Å². The lowest BCUT2D eigenvalue weighted by atomic mass is 10.0. The van der Waals surface area contributed by atoms with Gasteiger partial charge in [0, 0.05) is 57.4 Å². The number of rotatable bonds is 5. The third-order valence-corrected chi connectivity index (χ3v) is 6.63. The van der Waals surface area contributed by atoms with Gasteiger partial charge >= 0.3 is 5.70 Å². The summed E-state index contributed by atoms with van der Waals surface area (Å²) in [5.41, 5.74) is 0.272. The number of hydrogen-bond acceptors (Lipinski definition) is 5. The SMILES string of the molecule is [C-]#[N+]C(C#N)=C1N(CCN2CCC[C@H]2C)CCN1C1CCN(C(C)C)CC1. The number of allylic oxidation sites excluding steroid dienone is 1. The Hall–Kier alpha value is -1.76. The van der Waals surface area contributed by atoms with Gasteiger partial charge in [-0.25, -0.2) is 10.1 Å². The van der Waals surface area contributed by atoms with E-state index in [1.165, 1.54) is 19.4 Å². The fraction of sp³-hybridized carbons (Fsp3) is 0.810. The molecule has 6 heteroatoms. The molecule has 0 aromatic rings. The highest BCUT2D eigenvalue weighted by molar-refractivity contribution is 5.34. The monoisotopic (exact) mass is 370 g/mol. The molecule has 3 saturated heterocycles. The molecule has 3 aliphatic heterocycles. The fourth-order valence-corrected chi connectivity index (χ4v) is 4.89. The standard InChI is InChI=1S/C21H34N6/c1-17(2)24-10-7-19(8-11-24)27-15-14-26(21(27)20(16-22)23-4)13-12-25-9-5-6-18(25)3/h17-19H,5-15H2,1-3H3/t18-/m1/s1. The van der Waals surface area contributed by atoms with Gasteiger partial charge in [0.2, 0.25) is 0 Å². The van der Waals surface area contributed by atoms with E-state index in [0.29, 0.717) is 18.1 Å². The largest absolute Gasteiger partial charge is 0.363 e. The molecule has 1 atom stereocenters. The lowest BCUT2D eigenvalue weighted by Gasteiger charge is -2.40. The Morgan fingerprint density at radius 1 is 1.15 bits per heavy atom. The molecule has 0 amide bonds. The van der Waals surface area contributed by atoms with Gasteiger partial charge in [0.05, 0.1) is 12.6 Å². The fourth-order valence-electron chi connectivity index (χ4n) is 4.89. The number of nitriles is 1. The maximum atomic E-state index is 9.56. The minimum atomic E-state index is 0.272. The minimum absolute atomic E-state index is 0.272. The molecule has 0 aromatic heterocycles. The van der Waals surface area contributed by atoms with E-state index in [4.69, 9.17) is 6.57 Å². The van der Waals surface area contributed by atoms with E-state index in [9.17, 15) is 5.26 Å². The summed E-state index contributed by atoms with van der Waals surface area (Å²) in [4.78, 5) is 13.3. The average molecular weight is 371 g/mol. The van der Waals surface area contributed by atoms with Crippen molar-refractivity contribution >= 4 is 0 Å². The zero-order valence-electron chi connectivity index (χ0n) is 17.2. The Morgan fingerprint density at radius 2 is 1.89 bits per heavy atom.